The number of carbonyl (C=O) groups excluding carboxylic acids is 1. The number of nitrogens with zero attached hydrogens (tertiary/aromatic N) is 2. The van der Waals surface area contributed by atoms with Crippen molar-refractivity contribution in [2.24, 2.45) is 0 Å². The minimum absolute atomic E-state index is 0.145. The van der Waals surface area contributed by atoms with E-state index in [0.29, 0.717) is 12.6 Å². The lowest BCUT2D eigenvalue weighted by molar-refractivity contribution is -0.144. The zero-order chi connectivity index (χ0) is 14.4. The second-order valence-electron chi connectivity index (χ2n) is 5.60. The van der Waals surface area contributed by atoms with Gasteiger partial charge in [-0.05, 0) is 46.2 Å². The smallest absolute Gasteiger partial charge is 0.236 e. The van der Waals surface area contributed by atoms with Crippen molar-refractivity contribution in [3.63, 3.8) is 0 Å². The molecule has 0 spiro atoms. The predicted octanol–water partition coefficient (Wildman–Crippen LogP) is 1.70. The van der Waals surface area contributed by atoms with Gasteiger partial charge < -0.3 is 9.64 Å². The second kappa shape index (κ2) is 8.12. The molecule has 0 aromatic rings. The summed E-state index contributed by atoms with van der Waals surface area (Å²) in [7, 11) is 2.04. The maximum absolute atomic E-state index is 12.3. The zero-order valence-corrected chi connectivity index (χ0v) is 13.7. The van der Waals surface area contributed by atoms with E-state index in [-0.39, 0.29) is 18.1 Å². The predicted molar refractivity (Wildman–Crippen MR) is 81.7 cm³/mol. The first-order valence-electron chi connectivity index (χ1n) is 7.06. The van der Waals surface area contributed by atoms with Gasteiger partial charge in [0, 0.05) is 19.1 Å². The Morgan fingerprint density at radius 3 is 2.53 bits per heavy atom. The van der Waals surface area contributed by atoms with Crippen molar-refractivity contribution in [3.05, 3.63) is 0 Å². The van der Waals surface area contributed by atoms with E-state index in [4.69, 9.17) is 4.74 Å². The van der Waals surface area contributed by atoms with Crippen molar-refractivity contribution in [1.29, 1.82) is 0 Å². The highest BCUT2D eigenvalue weighted by atomic mass is 32.2. The second-order valence-corrected chi connectivity index (χ2v) is 6.59. The van der Waals surface area contributed by atoms with Crippen molar-refractivity contribution in [3.8, 4) is 0 Å². The molecule has 1 aliphatic heterocycles. The Kier molecular flexibility index (Phi) is 7.18. The molecule has 112 valence electrons. The minimum Gasteiger partial charge on any atom is -0.372 e. The van der Waals surface area contributed by atoms with Crippen LogP contribution in [0.3, 0.4) is 0 Å². The average molecular weight is 288 g/mol. The summed E-state index contributed by atoms with van der Waals surface area (Å²) in [6.45, 7) is 8.19. The lowest BCUT2D eigenvalue weighted by Gasteiger charge is -2.36. The Balaban J connectivity index is 2.40. The third kappa shape index (κ3) is 5.71. The first-order valence-corrected chi connectivity index (χ1v) is 8.45. The van der Waals surface area contributed by atoms with Gasteiger partial charge in [-0.25, -0.2) is 0 Å². The molecule has 1 heterocycles. The Bertz CT molecular complexity index is 279. The van der Waals surface area contributed by atoms with Crippen LogP contribution in [0, 0.1) is 0 Å². The van der Waals surface area contributed by atoms with Crippen LogP contribution >= 0.6 is 11.8 Å². The van der Waals surface area contributed by atoms with Gasteiger partial charge in [-0.1, -0.05) is 0 Å². The van der Waals surface area contributed by atoms with Crippen molar-refractivity contribution >= 4 is 17.7 Å². The number of hydrogen-bond donors (Lipinski definition) is 0. The van der Waals surface area contributed by atoms with Crippen LogP contribution in [0.5, 0.6) is 0 Å². The van der Waals surface area contributed by atoms with Crippen molar-refractivity contribution in [1.82, 2.24) is 9.80 Å². The largest absolute Gasteiger partial charge is 0.372 e. The number of rotatable bonds is 6. The van der Waals surface area contributed by atoms with Crippen LogP contribution in [-0.2, 0) is 9.53 Å². The average Bonchev–Trinajstić information content (AvgIpc) is 2.34. The highest BCUT2D eigenvalue weighted by Gasteiger charge is 2.26. The molecule has 4 nitrogen and oxygen atoms in total. The molecule has 1 rings (SSSR count). The van der Waals surface area contributed by atoms with Crippen LogP contribution in [0.1, 0.15) is 27.2 Å². The van der Waals surface area contributed by atoms with Gasteiger partial charge in [0.05, 0.1) is 18.8 Å². The standard InChI is InChI=1S/C14H28N2O2S/c1-11(6-7-19-5)15(4)10-14(17)16-8-12(2)18-13(3)9-16/h11-13H,6-10H2,1-5H3/t11-,12-,13+/m0/s1. The van der Waals surface area contributed by atoms with Crippen LogP contribution in [0.25, 0.3) is 0 Å². The maximum Gasteiger partial charge on any atom is 0.236 e. The number of carbonyl (C=O) groups is 1. The number of amides is 1. The Morgan fingerprint density at radius 1 is 1.42 bits per heavy atom. The molecule has 1 fully saturated rings. The monoisotopic (exact) mass is 288 g/mol. The van der Waals surface area contributed by atoms with Gasteiger partial charge in [0.25, 0.3) is 0 Å². The molecule has 0 aromatic carbocycles. The lowest BCUT2D eigenvalue weighted by atomic mass is 10.2. The number of thioether (sulfide) groups is 1. The summed E-state index contributed by atoms with van der Waals surface area (Å²) in [6, 6.07) is 0.451. The van der Waals surface area contributed by atoms with E-state index in [1.807, 2.05) is 37.6 Å². The third-order valence-corrected chi connectivity index (χ3v) is 4.29. The molecule has 1 amide bonds. The van der Waals surface area contributed by atoms with Gasteiger partial charge in [-0.2, -0.15) is 11.8 Å². The molecular weight excluding hydrogens is 260 g/mol. The molecule has 0 saturated carbocycles. The summed E-state index contributed by atoms with van der Waals surface area (Å²) in [4.78, 5) is 16.4. The maximum atomic E-state index is 12.3. The lowest BCUT2D eigenvalue weighted by Crippen LogP contribution is -2.51. The van der Waals surface area contributed by atoms with E-state index in [2.05, 4.69) is 18.1 Å². The summed E-state index contributed by atoms with van der Waals surface area (Å²) in [5.74, 6) is 1.37. The molecule has 1 aliphatic rings. The summed E-state index contributed by atoms with van der Waals surface area (Å²) in [5, 5.41) is 0. The van der Waals surface area contributed by atoms with Crippen LogP contribution < -0.4 is 0 Å². The number of likely N-dealkylation sites (N-methyl/N-ethyl adjacent to an activating group) is 1. The van der Waals surface area contributed by atoms with Crippen molar-refractivity contribution in [2.75, 3.05) is 38.7 Å². The highest BCUT2D eigenvalue weighted by Crippen LogP contribution is 2.12. The van der Waals surface area contributed by atoms with Gasteiger partial charge in [-0.15, -0.1) is 0 Å². The first kappa shape index (κ1) is 16.8. The number of morpholine rings is 1. The van der Waals surface area contributed by atoms with Crippen LogP contribution in [-0.4, -0.2) is 72.6 Å². The Labute approximate surface area is 121 Å². The first-order chi connectivity index (χ1) is 8.93. The van der Waals surface area contributed by atoms with Crippen LogP contribution in [0.15, 0.2) is 0 Å². The van der Waals surface area contributed by atoms with Gasteiger partial charge in [-0.3, -0.25) is 9.69 Å². The number of ether oxygens (including phenoxy) is 1. The minimum atomic E-state index is 0.145. The van der Waals surface area contributed by atoms with Crippen molar-refractivity contribution < 1.29 is 9.53 Å². The van der Waals surface area contributed by atoms with E-state index in [9.17, 15) is 4.79 Å². The van der Waals surface area contributed by atoms with E-state index in [1.54, 1.807) is 0 Å². The molecule has 3 atom stereocenters. The van der Waals surface area contributed by atoms with Gasteiger partial charge in [0.2, 0.25) is 5.91 Å². The van der Waals surface area contributed by atoms with E-state index in [0.717, 1.165) is 25.3 Å². The van der Waals surface area contributed by atoms with E-state index >= 15 is 0 Å². The topological polar surface area (TPSA) is 32.8 Å². The molecule has 19 heavy (non-hydrogen) atoms. The Hall–Kier alpha value is -0.260. The van der Waals surface area contributed by atoms with Gasteiger partial charge in [0.1, 0.15) is 0 Å². The molecular formula is C14H28N2O2S. The summed E-state index contributed by atoms with van der Waals surface area (Å²) in [5.41, 5.74) is 0. The van der Waals surface area contributed by atoms with Crippen LogP contribution in [0.2, 0.25) is 0 Å². The third-order valence-electron chi connectivity index (χ3n) is 3.65. The molecule has 0 aromatic heterocycles. The van der Waals surface area contributed by atoms with Gasteiger partial charge in [0.15, 0.2) is 0 Å². The van der Waals surface area contributed by atoms with E-state index in [1.165, 1.54) is 0 Å². The summed E-state index contributed by atoms with van der Waals surface area (Å²) < 4.78 is 5.66. The summed E-state index contributed by atoms with van der Waals surface area (Å²) in [6.07, 6.45) is 3.54. The molecule has 0 N–H and O–H groups in total. The fourth-order valence-corrected chi connectivity index (χ4v) is 2.94. The molecule has 1 saturated heterocycles. The fourth-order valence-electron chi connectivity index (χ4n) is 2.36. The molecule has 0 unspecified atom stereocenters. The van der Waals surface area contributed by atoms with Gasteiger partial charge >= 0.3 is 0 Å². The zero-order valence-electron chi connectivity index (χ0n) is 12.9. The molecule has 5 heteroatoms. The summed E-state index contributed by atoms with van der Waals surface area (Å²) >= 11 is 1.86. The molecule has 0 bridgehead atoms. The normalized spacial score (nSPS) is 25.7. The van der Waals surface area contributed by atoms with Crippen molar-refractivity contribution in [2.45, 2.75) is 45.4 Å². The Morgan fingerprint density at radius 2 is 2.00 bits per heavy atom. The number of hydrogen-bond acceptors (Lipinski definition) is 4. The molecule has 0 radical (unpaired) electrons. The SMILES string of the molecule is CSCC[C@H](C)N(C)CC(=O)N1C[C@@H](C)O[C@@H](C)C1. The molecule has 0 aliphatic carbocycles. The fraction of sp³-hybridized carbons (Fsp3) is 0.929. The van der Waals surface area contributed by atoms with Crippen LogP contribution in [0.4, 0.5) is 0 Å². The van der Waals surface area contributed by atoms with E-state index < -0.39 is 0 Å². The quantitative estimate of drug-likeness (QED) is 0.745. The highest BCUT2D eigenvalue weighted by molar-refractivity contribution is 7.98.